The highest BCUT2D eigenvalue weighted by molar-refractivity contribution is 5.42. The van der Waals surface area contributed by atoms with E-state index in [2.05, 4.69) is 16.0 Å². The van der Waals surface area contributed by atoms with Crippen molar-refractivity contribution in [1.29, 1.82) is 5.26 Å². The third kappa shape index (κ3) is 2.31. The van der Waals surface area contributed by atoms with E-state index in [0.717, 1.165) is 25.5 Å². The number of pyridine rings is 1. The zero-order valence-electron chi connectivity index (χ0n) is 9.26. The topological polar surface area (TPSA) is 65.9 Å². The third-order valence-corrected chi connectivity index (χ3v) is 3.05. The molecule has 2 rings (SSSR count). The second-order valence-electron chi connectivity index (χ2n) is 4.21. The van der Waals surface area contributed by atoms with E-state index >= 15 is 0 Å². The molecule has 2 N–H and O–H groups in total. The van der Waals surface area contributed by atoms with Crippen LogP contribution in [0.25, 0.3) is 0 Å². The van der Waals surface area contributed by atoms with Crippen LogP contribution >= 0.6 is 0 Å². The molecule has 1 aromatic heterocycles. The average molecular weight is 216 g/mol. The number of nitrogens with zero attached hydrogens (tertiary/aromatic N) is 3. The molecule has 1 fully saturated rings. The second-order valence-corrected chi connectivity index (χ2v) is 4.21. The number of anilines is 1. The van der Waals surface area contributed by atoms with Gasteiger partial charge in [-0.15, -0.1) is 0 Å². The molecule has 0 spiro atoms. The van der Waals surface area contributed by atoms with E-state index < -0.39 is 0 Å². The first kappa shape index (κ1) is 10.9. The lowest BCUT2D eigenvalue weighted by atomic mass is 9.98. The number of rotatable bonds is 2. The van der Waals surface area contributed by atoms with Gasteiger partial charge in [0.25, 0.3) is 0 Å². The van der Waals surface area contributed by atoms with Crippen LogP contribution in [0.5, 0.6) is 0 Å². The van der Waals surface area contributed by atoms with E-state index in [0.29, 0.717) is 11.5 Å². The van der Waals surface area contributed by atoms with Crippen molar-refractivity contribution in [2.45, 2.75) is 12.8 Å². The Morgan fingerprint density at radius 1 is 1.56 bits per heavy atom. The maximum absolute atomic E-state index is 8.70. The number of piperidine rings is 1. The largest absolute Gasteiger partial charge is 0.356 e. The normalized spacial score (nSPS) is 20.5. The molecule has 0 bridgehead atoms. The van der Waals surface area contributed by atoms with Gasteiger partial charge in [0.05, 0.1) is 5.56 Å². The highest BCUT2D eigenvalue weighted by atomic mass is 15.2. The van der Waals surface area contributed by atoms with E-state index in [-0.39, 0.29) is 0 Å². The molecule has 0 saturated carbocycles. The molecular formula is C12H16N4. The molecule has 1 aliphatic heterocycles. The lowest BCUT2D eigenvalue weighted by molar-refractivity contribution is 0.421. The Kier molecular flexibility index (Phi) is 3.37. The van der Waals surface area contributed by atoms with Crippen molar-refractivity contribution in [2.75, 3.05) is 24.5 Å². The predicted octanol–water partition coefficient (Wildman–Crippen LogP) is 1.13. The molecule has 16 heavy (non-hydrogen) atoms. The average Bonchev–Trinajstić information content (AvgIpc) is 2.39. The van der Waals surface area contributed by atoms with Gasteiger partial charge in [-0.1, -0.05) is 0 Å². The standard InChI is InChI=1S/C12H16N4/c13-6-10-3-4-12(15-8-10)16-5-1-2-11(7-14)9-16/h3-4,8,11H,1-2,5,7,9,14H2. The summed E-state index contributed by atoms with van der Waals surface area (Å²) in [6.07, 6.45) is 4.01. The Balaban J connectivity index is 2.08. The number of nitrogens with two attached hydrogens (primary N) is 1. The fraction of sp³-hybridized carbons (Fsp3) is 0.500. The van der Waals surface area contributed by atoms with E-state index in [4.69, 9.17) is 11.0 Å². The van der Waals surface area contributed by atoms with Gasteiger partial charge in [0.1, 0.15) is 11.9 Å². The first-order chi connectivity index (χ1) is 7.83. The molecule has 0 aliphatic carbocycles. The predicted molar refractivity (Wildman–Crippen MR) is 62.9 cm³/mol. The summed E-state index contributed by atoms with van der Waals surface area (Å²) in [5.41, 5.74) is 6.31. The summed E-state index contributed by atoms with van der Waals surface area (Å²) in [4.78, 5) is 6.56. The summed E-state index contributed by atoms with van der Waals surface area (Å²) in [5, 5.41) is 8.70. The molecule has 1 atom stereocenters. The lowest BCUT2D eigenvalue weighted by Crippen LogP contribution is -2.38. The van der Waals surface area contributed by atoms with Gasteiger partial charge in [-0.25, -0.2) is 4.98 Å². The van der Waals surface area contributed by atoms with Gasteiger partial charge in [-0.3, -0.25) is 0 Å². The molecule has 2 heterocycles. The highest BCUT2D eigenvalue weighted by Crippen LogP contribution is 2.20. The number of aromatic nitrogens is 1. The van der Waals surface area contributed by atoms with Crippen LogP contribution in [0.3, 0.4) is 0 Å². The van der Waals surface area contributed by atoms with Gasteiger partial charge in [-0.2, -0.15) is 5.26 Å². The van der Waals surface area contributed by atoms with Crippen LogP contribution in [0.2, 0.25) is 0 Å². The van der Waals surface area contributed by atoms with Gasteiger partial charge in [0, 0.05) is 19.3 Å². The van der Waals surface area contributed by atoms with E-state index in [1.54, 1.807) is 6.20 Å². The molecule has 1 saturated heterocycles. The van der Waals surface area contributed by atoms with Crippen molar-refractivity contribution < 1.29 is 0 Å². The van der Waals surface area contributed by atoms with Crippen molar-refractivity contribution in [2.24, 2.45) is 11.7 Å². The Labute approximate surface area is 95.7 Å². The van der Waals surface area contributed by atoms with Crippen LogP contribution in [0.4, 0.5) is 5.82 Å². The van der Waals surface area contributed by atoms with Crippen LogP contribution in [0.15, 0.2) is 18.3 Å². The number of nitriles is 1. The maximum atomic E-state index is 8.70. The van der Waals surface area contributed by atoms with Crippen LogP contribution in [-0.4, -0.2) is 24.6 Å². The summed E-state index contributed by atoms with van der Waals surface area (Å²) in [6.45, 7) is 2.76. The quantitative estimate of drug-likeness (QED) is 0.804. The van der Waals surface area contributed by atoms with Gasteiger partial charge >= 0.3 is 0 Å². The fourth-order valence-corrected chi connectivity index (χ4v) is 2.10. The van der Waals surface area contributed by atoms with Crippen LogP contribution in [0.1, 0.15) is 18.4 Å². The van der Waals surface area contributed by atoms with Gasteiger partial charge in [0.15, 0.2) is 0 Å². The molecule has 0 radical (unpaired) electrons. The lowest BCUT2D eigenvalue weighted by Gasteiger charge is -2.32. The minimum Gasteiger partial charge on any atom is -0.356 e. The van der Waals surface area contributed by atoms with E-state index in [9.17, 15) is 0 Å². The highest BCUT2D eigenvalue weighted by Gasteiger charge is 2.19. The summed E-state index contributed by atoms with van der Waals surface area (Å²) in [6, 6.07) is 5.80. The number of hydrogen-bond acceptors (Lipinski definition) is 4. The van der Waals surface area contributed by atoms with Gasteiger partial charge < -0.3 is 10.6 Å². The molecule has 0 amide bonds. The third-order valence-electron chi connectivity index (χ3n) is 3.05. The fourth-order valence-electron chi connectivity index (χ4n) is 2.10. The van der Waals surface area contributed by atoms with Crippen molar-refractivity contribution in [3.63, 3.8) is 0 Å². The van der Waals surface area contributed by atoms with Crippen LogP contribution < -0.4 is 10.6 Å². The van der Waals surface area contributed by atoms with Crippen molar-refractivity contribution in [3.05, 3.63) is 23.9 Å². The number of hydrogen-bond donors (Lipinski definition) is 1. The summed E-state index contributed by atoms with van der Waals surface area (Å²) < 4.78 is 0. The monoisotopic (exact) mass is 216 g/mol. The maximum Gasteiger partial charge on any atom is 0.128 e. The first-order valence-corrected chi connectivity index (χ1v) is 5.64. The zero-order chi connectivity index (χ0) is 11.4. The molecule has 0 aromatic carbocycles. The minimum absolute atomic E-state index is 0.575. The first-order valence-electron chi connectivity index (χ1n) is 5.64. The Morgan fingerprint density at radius 2 is 2.44 bits per heavy atom. The molecule has 1 unspecified atom stereocenters. The molecule has 1 aromatic rings. The SMILES string of the molecule is N#Cc1ccc(N2CCCC(CN)C2)nc1. The summed E-state index contributed by atoms with van der Waals surface area (Å²) in [5.74, 6) is 1.53. The van der Waals surface area contributed by atoms with Crippen molar-refractivity contribution >= 4 is 5.82 Å². The summed E-state index contributed by atoms with van der Waals surface area (Å²) >= 11 is 0. The molecule has 4 nitrogen and oxygen atoms in total. The van der Waals surface area contributed by atoms with E-state index in [1.165, 1.54) is 12.8 Å². The summed E-state index contributed by atoms with van der Waals surface area (Å²) in [7, 11) is 0. The van der Waals surface area contributed by atoms with Crippen LogP contribution in [0, 0.1) is 17.2 Å². The van der Waals surface area contributed by atoms with Gasteiger partial charge in [0.2, 0.25) is 0 Å². The van der Waals surface area contributed by atoms with Crippen LogP contribution in [-0.2, 0) is 0 Å². The molecular weight excluding hydrogens is 200 g/mol. The van der Waals surface area contributed by atoms with Crippen molar-refractivity contribution in [1.82, 2.24) is 4.98 Å². The van der Waals surface area contributed by atoms with E-state index in [1.807, 2.05) is 12.1 Å². The zero-order valence-corrected chi connectivity index (χ0v) is 9.26. The van der Waals surface area contributed by atoms with Gasteiger partial charge in [-0.05, 0) is 37.4 Å². The molecule has 84 valence electrons. The second kappa shape index (κ2) is 4.95. The Hall–Kier alpha value is -1.60. The smallest absolute Gasteiger partial charge is 0.128 e. The minimum atomic E-state index is 0.575. The molecule has 1 aliphatic rings. The Bertz CT molecular complexity index is 379. The van der Waals surface area contributed by atoms with Crippen molar-refractivity contribution in [3.8, 4) is 6.07 Å². The Morgan fingerprint density at radius 3 is 3.06 bits per heavy atom. The molecule has 4 heteroatoms.